The van der Waals surface area contributed by atoms with Gasteiger partial charge in [0, 0.05) is 16.5 Å². The number of aromatic carboxylic acids is 2. The summed E-state index contributed by atoms with van der Waals surface area (Å²) in [6.07, 6.45) is 0. The zero-order valence-corrected chi connectivity index (χ0v) is 29.3. The van der Waals surface area contributed by atoms with Crippen LogP contribution in [-0.4, -0.2) is 61.8 Å². The van der Waals surface area contributed by atoms with Crippen molar-refractivity contribution in [2.45, 2.75) is 6.61 Å². The van der Waals surface area contributed by atoms with Crippen LogP contribution in [0, 0.1) is 0 Å². The highest BCUT2D eigenvalue weighted by Crippen LogP contribution is 2.23. The Bertz CT molecular complexity index is 1920. The van der Waals surface area contributed by atoms with Crippen molar-refractivity contribution in [2.24, 2.45) is 5.73 Å². The van der Waals surface area contributed by atoms with Gasteiger partial charge in [0.1, 0.15) is 23.2 Å². The van der Waals surface area contributed by atoms with Gasteiger partial charge in [-0.25, -0.2) is 24.2 Å². The molecule has 11 nitrogen and oxygen atoms in total. The van der Waals surface area contributed by atoms with E-state index in [-0.39, 0.29) is 40.4 Å². The number of alkyl halides is 1. The molecular formula is C36H29BrN2O9S2. The van der Waals surface area contributed by atoms with Crippen LogP contribution in [0.5, 0.6) is 0 Å². The van der Waals surface area contributed by atoms with Crippen LogP contribution >= 0.6 is 39.5 Å². The molecular weight excluding hydrogens is 748 g/mol. The van der Waals surface area contributed by atoms with Crippen LogP contribution in [0.1, 0.15) is 56.8 Å². The van der Waals surface area contributed by atoms with E-state index in [0.717, 1.165) is 11.3 Å². The second-order valence-electron chi connectivity index (χ2n) is 9.80. The van der Waals surface area contributed by atoms with E-state index in [9.17, 15) is 24.0 Å². The Hall–Kier alpha value is -5.57. The minimum atomic E-state index is -0.988. The van der Waals surface area contributed by atoms with Gasteiger partial charge in [-0.05, 0) is 48.5 Å². The molecule has 0 aliphatic heterocycles. The van der Waals surface area contributed by atoms with E-state index in [0.29, 0.717) is 21.7 Å². The van der Waals surface area contributed by atoms with Gasteiger partial charge in [-0.3, -0.25) is 4.79 Å². The first-order valence-electron chi connectivity index (χ1n) is 14.4. The summed E-state index contributed by atoms with van der Waals surface area (Å²) in [5, 5.41) is 20.3. The third kappa shape index (κ3) is 12.8. The lowest BCUT2D eigenvalue weighted by Gasteiger charge is -2.02. The summed E-state index contributed by atoms with van der Waals surface area (Å²) < 4.78 is 10.0. The predicted molar refractivity (Wildman–Crippen MR) is 195 cm³/mol. The Balaban J connectivity index is 0.000000221. The lowest BCUT2D eigenvalue weighted by atomic mass is 10.1. The summed E-state index contributed by atoms with van der Waals surface area (Å²) in [6.45, 7) is 0.0919. The van der Waals surface area contributed by atoms with Gasteiger partial charge in [-0.1, -0.05) is 88.8 Å². The van der Waals surface area contributed by atoms with Crippen LogP contribution < -0.4 is 5.73 Å². The minimum absolute atomic E-state index is 0.0109. The van der Waals surface area contributed by atoms with Crippen molar-refractivity contribution in [3.8, 4) is 11.3 Å². The molecule has 1 aromatic heterocycles. The second kappa shape index (κ2) is 20.1. The number of nitrogens with zero attached hydrogens (tertiary/aromatic N) is 1. The molecule has 4 N–H and O–H groups in total. The molecule has 0 radical (unpaired) electrons. The Kier molecular flexibility index (Phi) is 15.6. The second-order valence-corrected chi connectivity index (χ2v) is 11.8. The molecule has 14 heteroatoms. The van der Waals surface area contributed by atoms with Crippen LogP contribution in [0.3, 0.4) is 0 Å². The summed E-state index contributed by atoms with van der Waals surface area (Å²) in [5.74, 6) is -2.81. The fourth-order valence-electron chi connectivity index (χ4n) is 3.75. The number of rotatable bonds is 11. The number of esters is 2. The number of nitrogens with two attached hydrogens (primary N) is 1. The number of halogens is 1. The van der Waals surface area contributed by atoms with Crippen LogP contribution in [0.25, 0.3) is 11.3 Å². The highest BCUT2D eigenvalue weighted by atomic mass is 79.9. The molecule has 4 aromatic carbocycles. The number of thiazole rings is 1. The van der Waals surface area contributed by atoms with Crippen LogP contribution in [-0.2, 0) is 16.1 Å². The number of carbonyl (C=O) groups excluding carboxylic acids is 3. The Morgan fingerprint density at radius 3 is 1.60 bits per heavy atom. The van der Waals surface area contributed by atoms with Gasteiger partial charge in [0.25, 0.3) is 0 Å². The van der Waals surface area contributed by atoms with Crippen LogP contribution in [0.15, 0.2) is 115 Å². The number of ether oxygens (including phenoxy) is 2. The van der Waals surface area contributed by atoms with E-state index in [1.807, 2.05) is 17.5 Å². The maximum atomic E-state index is 11.9. The van der Waals surface area contributed by atoms with Gasteiger partial charge in [0.15, 0.2) is 5.78 Å². The predicted octanol–water partition coefficient (Wildman–Crippen LogP) is 6.96. The highest BCUT2D eigenvalue weighted by Gasteiger charge is 2.11. The first-order chi connectivity index (χ1) is 24.0. The van der Waals surface area contributed by atoms with Crippen molar-refractivity contribution in [1.29, 1.82) is 0 Å². The Labute approximate surface area is 304 Å². The molecule has 0 unspecified atom stereocenters. The van der Waals surface area contributed by atoms with E-state index in [2.05, 4.69) is 33.1 Å². The van der Waals surface area contributed by atoms with E-state index >= 15 is 0 Å². The first kappa shape index (κ1) is 38.9. The zero-order valence-electron chi connectivity index (χ0n) is 26.1. The van der Waals surface area contributed by atoms with Crippen molar-refractivity contribution in [2.75, 3.05) is 11.9 Å². The average molecular weight is 778 g/mol. The number of carboxylic acids is 2. The van der Waals surface area contributed by atoms with Crippen molar-refractivity contribution in [1.82, 2.24) is 4.98 Å². The normalized spacial score (nSPS) is 9.86. The number of benzene rings is 4. The molecule has 50 heavy (non-hydrogen) atoms. The molecule has 5 rings (SSSR count). The number of carboxylic acid groups (broad SMARTS) is 2. The summed E-state index contributed by atoms with van der Waals surface area (Å²) in [7, 11) is 0. The van der Waals surface area contributed by atoms with Crippen molar-refractivity contribution in [3.63, 3.8) is 0 Å². The van der Waals surface area contributed by atoms with E-state index in [4.69, 9.17) is 25.4 Å². The first-order valence-corrected chi connectivity index (χ1v) is 16.8. The van der Waals surface area contributed by atoms with Crippen molar-refractivity contribution in [3.05, 3.63) is 147 Å². The molecule has 1 heterocycles. The molecule has 0 spiro atoms. The van der Waals surface area contributed by atoms with Gasteiger partial charge in [0.2, 0.25) is 0 Å². The van der Waals surface area contributed by atoms with Crippen LogP contribution in [0.2, 0.25) is 0 Å². The third-order valence-electron chi connectivity index (χ3n) is 6.25. The van der Waals surface area contributed by atoms with Crippen molar-refractivity contribution < 1.29 is 43.7 Å². The van der Waals surface area contributed by atoms with Crippen molar-refractivity contribution >= 4 is 74.1 Å². The maximum absolute atomic E-state index is 11.9. The number of ketones is 1. The van der Waals surface area contributed by atoms with E-state index < -0.39 is 23.9 Å². The molecule has 5 aromatic rings. The smallest absolute Gasteiger partial charge is 0.338 e. The fraction of sp³-hybridized carbons (Fsp3) is 0.0833. The fourth-order valence-corrected chi connectivity index (χ4v) is 4.85. The lowest BCUT2D eigenvalue weighted by Crippen LogP contribution is -2.18. The number of aromatic nitrogens is 1. The largest absolute Gasteiger partial charge is 0.478 e. The van der Waals surface area contributed by atoms with E-state index in [1.165, 1.54) is 47.7 Å². The zero-order chi connectivity index (χ0) is 36.5. The molecule has 0 fully saturated rings. The molecule has 0 atom stereocenters. The SMILES string of the molecule is NC(=S)COC(=O)c1ccccc1.O=C(O)c1ccc(-c2csc(COC(=O)c3ccccc3)n2)cc1.O=C(O)c1ccc(C(=O)CBr)cc1. The van der Waals surface area contributed by atoms with Gasteiger partial charge < -0.3 is 25.4 Å². The summed E-state index contributed by atoms with van der Waals surface area (Å²) >= 11 is 8.98. The quantitative estimate of drug-likeness (QED) is 0.0544. The summed E-state index contributed by atoms with van der Waals surface area (Å²) in [4.78, 5) is 60.1. The average Bonchev–Trinajstić information content (AvgIpc) is 3.63. The molecule has 0 saturated heterocycles. The maximum Gasteiger partial charge on any atom is 0.338 e. The third-order valence-corrected chi connectivity index (χ3v) is 7.70. The van der Waals surface area contributed by atoms with Gasteiger partial charge in [-0.2, -0.15) is 0 Å². The molecule has 0 amide bonds. The Morgan fingerprint density at radius 2 is 1.14 bits per heavy atom. The topological polar surface area (TPSA) is 183 Å². The molecule has 256 valence electrons. The van der Waals surface area contributed by atoms with Gasteiger partial charge in [0.05, 0.1) is 33.3 Å². The van der Waals surface area contributed by atoms with Gasteiger partial charge >= 0.3 is 23.9 Å². The summed E-state index contributed by atoms with van der Waals surface area (Å²) in [6, 6.07) is 29.8. The standard InChI is InChI=1S/C18H13NO4S.C9H7BrO3.C9H9NO2S/c20-17(21)13-8-6-12(7-9-13)15-11-24-16(19-15)10-23-18(22)14-4-2-1-3-5-14;10-5-8(11)6-1-3-7(4-2-6)9(12)13;10-8(13)6-12-9(11)7-4-2-1-3-5-7/h1-9,11H,10H2,(H,20,21);1-4H,5H2,(H,12,13);1-5H,6H2,(H2,10,13). The van der Waals surface area contributed by atoms with E-state index in [1.54, 1.807) is 60.7 Å². The number of Topliss-reactive ketones (excluding diaryl/α,β-unsaturated/α-hetero) is 1. The molecule has 0 saturated carbocycles. The number of carbonyl (C=O) groups is 5. The number of hydrogen-bond donors (Lipinski definition) is 3. The highest BCUT2D eigenvalue weighted by molar-refractivity contribution is 9.09. The summed E-state index contributed by atoms with van der Waals surface area (Å²) in [5.41, 5.74) is 8.64. The number of hydrogen-bond acceptors (Lipinski definition) is 10. The van der Waals surface area contributed by atoms with Gasteiger partial charge in [-0.15, -0.1) is 11.3 Å². The minimum Gasteiger partial charge on any atom is -0.478 e. The molecule has 0 aliphatic rings. The monoisotopic (exact) mass is 776 g/mol. The number of thiocarbonyl (C=S) groups is 1. The van der Waals surface area contributed by atoms with Crippen LogP contribution in [0.4, 0.5) is 0 Å². The molecule has 0 bridgehead atoms. The Morgan fingerprint density at radius 1 is 0.680 bits per heavy atom. The lowest BCUT2D eigenvalue weighted by molar-refractivity contribution is 0.0471. The molecule has 0 aliphatic carbocycles.